The number of benzene rings is 1. The Labute approximate surface area is 109 Å². The molecule has 1 aromatic carbocycles. The van der Waals surface area contributed by atoms with E-state index in [4.69, 9.17) is 0 Å². The lowest BCUT2D eigenvalue weighted by molar-refractivity contribution is -0.142. The van der Waals surface area contributed by atoms with Crippen molar-refractivity contribution < 1.29 is 23.1 Å². The fourth-order valence-corrected chi connectivity index (χ4v) is 1.44. The topological polar surface area (TPSA) is 55.4 Å². The summed E-state index contributed by atoms with van der Waals surface area (Å²) >= 11 is 0. The normalized spacial score (nSPS) is 11.5. The highest BCUT2D eigenvalue weighted by molar-refractivity contribution is 5.97. The number of carbonyl (C=O) groups is 2. The molecule has 0 aliphatic rings. The van der Waals surface area contributed by atoms with E-state index in [-0.39, 0.29) is 6.42 Å². The molecule has 1 N–H and O–H groups in total. The quantitative estimate of drug-likeness (QED) is 0.655. The second-order valence-corrected chi connectivity index (χ2v) is 3.67. The van der Waals surface area contributed by atoms with Crippen LogP contribution < -0.4 is 5.32 Å². The Morgan fingerprint density at radius 3 is 2.74 bits per heavy atom. The molecule has 0 saturated carbocycles. The maximum Gasteiger partial charge on any atom is 0.328 e. The molecule has 0 fully saturated rings. The summed E-state index contributed by atoms with van der Waals surface area (Å²) in [6.07, 6.45) is 1.53. The predicted octanol–water partition coefficient (Wildman–Crippen LogP) is 1.81. The third-order valence-corrected chi connectivity index (χ3v) is 2.39. The second-order valence-electron chi connectivity index (χ2n) is 3.67. The van der Waals surface area contributed by atoms with Gasteiger partial charge in [-0.05, 0) is 18.6 Å². The van der Waals surface area contributed by atoms with Gasteiger partial charge in [-0.1, -0.05) is 12.1 Å². The van der Waals surface area contributed by atoms with Gasteiger partial charge in [-0.15, -0.1) is 6.58 Å². The number of nitrogens with one attached hydrogen (secondary N) is 1. The standard InChI is InChI=1S/C13H13F2NO3/c1-3-5-10(13(18)19-2)16-12(17)8-6-4-7-9(14)11(8)15/h3-4,6-7,10H,1,5H2,2H3,(H,16,17)/t10-/m0/s1. The number of carbonyl (C=O) groups excluding carboxylic acids is 2. The fraction of sp³-hybridized carbons (Fsp3) is 0.231. The minimum absolute atomic E-state index is 0.120. The van der Waals surface area contributed by atoms with Crippen molar-refractivity contribution in [1.29, 1.82) is 0 Å². The Morgan fingerprint density at radius 1 is 1.47 bits per heavy atom. The van der Waals surface area contributed by atoms with E-state index in [2.05, 4.69) is 16.6 Å². The lowest BCUT2D eigenvalue weighted by Crippen LogP contribution is -2.41. The molecule has 1 aromatic rings. The van der Waals surface area contributed by atoms with Gasteiger partial charge in [-0.3, -0.25) is 4.79 Å². The summed E-state index contributed by atoms with van der Waals surface area (Å²) in [7, 11) is 1.16. The SMILES string of the molecule is C=CC[C@H](NC(=O)c1cccc(F)c1F)C(=O)OC. The minimum Gasteiger partial charge on any atom is -0.467 e. The Morgan fingerprint density at radius 2 is 2.16 bits per heavy atom. The van der Waals surface area contributed by atoms with Crippen molar-refractivity contribution in [2.24, 2.45) is 0 Å². The Balaban J connectivity index is 2.90. The van der Waals surface area contributed by atoms with E-state index in [1.165, 1.54) is 12.1 Å². The van der Waals surface area contributed by atoms with E-state index >= 15 is 0 Å². The van der Waals surface area contributed by atoms with E-state index in [1.807, 2.05) is 0 Å². The molecule has 0 aliphatic carbocycles. The van der Waals surface area contributed by atoms with Crippen LogP contribution in [0.25, 0.3) is 0 Å². The number of ether oxygens (including phenoxy) is 1. The molecule has 0 saturated heterocycles. The first-order valence-electron chi connectivity index (χ1n) is 5.44. The first-order valence-corrected chi connectivity index (χ1v) is 5.44. The number of hydrogen-bond acceptors (Lipinski definition) is 3. The highest BCUT2D eigenvalue weighted by Gasteiger charge is 2.23. The van der Waals surface area contributed by atoms with E-state index in [0.717, 1.165) is 19.2 Å². The van der Waals surface area contributed by atoms with Crippen LogP contribution in [0, 0.1) is 11.6 Å². The number of hydrogen-bond donors (Lipinski definition) is 1. The van der Waals surface area contributed by atoms with Crippen molar-refractivity contribution in [3.8, 4) is 0 Å². The predicted molar refractivity (Wildman–Crippen MR) is 64.4 cm³/mol. The molecule has 0 aromatic heterocycles. The summed E-state index contributed by atoms with van der Waals surface area (Å²) in [5, 5.41) is 2.26. The van der Waals surface area contributed by atoms with E-state index in [1.54, 1.807) is 0 Å². The van der Waals surface area contributed by atoms with Gasteiger partial charge in [0, 0.05) is 0 Å². The molecule has 0 radical (unpaired) electrons. The van der Waals surface area contributed by atoms with Crippen molar-refractivity contribution in [2.45, 2.75) is 12.5 Å². The summed E-state index contributed by atoms with van der Waals surface area (Å²) < 4.78 is 30.9. The number of amides is 1. The van der Waals surface area contributed by atoms with Gasteiger partial charge in [-0.25, -0.2) is 13.6 Å². The van der Waals surface area contributed by atoms with Gasteiger partial charge in [0.25, 0.3) is 5.91 Å². The summed E-state index contributed by atoms with van der Waals surface area (Å²) in [4.78, 5) is 23.1. The smallest absolute Gasteiger partial charge is 0.328 e. The van der Waals surface area contributed by atoms with Gasteiger partial charge in [0.2, 0.25) is 0 Å². The number of rotatable bonds is 5. The first-order chi connectivity index (χ1) is 9.01. The maximum absolute atomic E-state index is 13.4. The lowest BCUT2D eigenvalue weighted by atomic mass is 10.1. The Bertz CT molecular complexity index is 503. The van der Waals surface area contributed by atoms with Crippen molar-refractivity contribution in [1.82, 2.24) is 5.32 Å². The molecule has 1 atom stereocenters. The van der Waals surface area contributed by atoms with Crippen LogP contribution in [0.15, 0.2) is 30.9 Å². The first kappa shape index (κ1) is 14.8. The van der Waals surface area contributed by atoms with Gasteiger partial charge in [-0.2, -0.15) is 0 Å². The molecule has 0 unspecified atom stereocenters. The second kappa shape index (κ2) is 6.63. The minimum atomic E-state index is -1.26. The highest BCUT2D eigenvalue weighted by atomic mass is 19.2. The molecule has 19 heavy (non-hydrogen) atoms. The molecular weight excluding hydrogens is 256 g/mol. The fourth-order valence-electron chi connectivity index (χ4n) is 1.44. The molecule has 1 amide bonds. The van der Waals surface area contributed by atoms with Gasteiger partial charge in [0.05, 0.1) is 12.7 Å². The molecule has 0 aliphatic heterocycles. The maximum atomic E-state index is 13.4. The van der Waals surface area contributed by atoms with E-state index in [9.17, 15) is 18.4 Å². The molecule has 0 heterocycles. The van der Waals surface area contributed by atoms with Crippen LogP contribution in [-0.2, 0) is 9.53 Å². The van der Waals surface area contributed by atoms with Gasteiger partial charge in [0.15, 0.2) is 11.6 Å². The monoisotopic (exact) mass is 269 g/mol. The zero-order valence-electron chi connectivity index (χ0n) is 10.3. The van der Waals surface area contributed by atoms with Crippen LogP contribution in [0.2, 0.25) is 0 Å². The molecular formula is C13H13F2NO3. The zero-order valence-corrected chi connectivity index (χ0v) is 10.3. The van der Waals surface area contributed by atoms with Crippen molar-refractivity contribution in [3.63, 3.8) is 0 Å². The highest BCUT2D eigenvalue weighted by Crippen LogP contribution is 2.11. The number of halogens is 2. The molecule has 4 nitrogen and oxygen atoms in total. The van der Waals surface area contributed by atoms with Crippen molar-refractivity contribution >= 4 is 11.9 Å². The van der Waals surface area contributed by atoms with Crippen LogP contribution in [0.5, 0.6) is 0 Å². The van der Waals surface area contributed by atoms with Crippen LogP contribution in [0.1, 0.15) is 16.8 Å². The van der Waals surface area contributed by atoms with Crippen LogP contribution >= 0.6 is 0 Å². The van der Waals surface area contributed by atoms with Gasteiger partial charge in [0.1, 0.15) is 6.04 Å². The molecule has 6 heteroatoms. The third kappa shape index (κ3) is 3.61. The third-order valence-electron chi connectivity index (χ3n) is 2.39. The summed E-state index contributed by atoms with van der Waals surface area (Å²) in [6, 6.07) is 2.23. The van der Waals surface area contributed by atoms with Crippen LogP contribution in [0.3, 0.4) is 0 Å². The summed E-state index contributed by atoms with van der Waals surface area (Å²) in [5.74, 6) is -3.98. The van der Waals surface area contributed by atoms with Crippen molar-refractivity contribution in [2.75, 3.05) is 7.11 Å². The Hall–Kier alpha value is -2.24. The van der Waals surface area contributed by atoms with Gasteiger partial charge < -0.3 is 10.1 Å². The van der Waals surface area contributed by atoms with Gasteiger partial charge >= 0.3 is 5.97 Å². The molecule has 1 rings (SSSR count). The largest absolute Gasteiger partial charge is 0.467 e. The summed E-state index contributed by atoms with van der Waals surface area (Å²) in [5.41, 5.74) is -0.474. The molecule has 102 valence electrons. The summed E-state index contributed by atoms with van der Waals surface area (Å²) in [6.45, 7) is 3.44. The average molecular weight is 269 g/mol. The molecule has 0 bridgehead atoms. The number of methoxy groups -OCH3 is 1. The van der Waals surface area contributed by atoms with Crippen molar-refractivity contribution in [3.05, 3.63) is 48.1 Å². The van der Waals surface area contributed by atoms with E-state index < -0.39 is 35.1 Å². The number of esters is 1. The average Bonchev–Trinajstić information content (AvgIpc) is 2.40. The molecule has 0 spiro atoms. The van der Waals surface area contributed by atoms with Crippen LogP contribution in [0.4, 0.5) is 8.78 Å². The lowest BCUT2D eigenvalue weighted by Gasteiger charge is -2.15. The Kier molecular flexibility index (Phi) is 5.17. The zero-order chi connectivity index (χ0) is 14.4. The van der Waals surface area contributed by atoms with E-state index in [0.29, 0.717) is 0 Å². The van der Waals surface area contributed by atoms with Crippen LogP contribution in [-0.4, -0.2) is 25.0 Å².